The molecule has 0 aliphatic carbocycles. The van der Waals surface area contributed by atoms with E-state index in [4.69, 9.17) is 0 Å². The van der Waals surface area contributed by atoms with Crippen LogP contribution >= 0.6 is 0 Å². The zero-order valence-corrected chi connectivity index (χ0v) is 22.0. The van der Waals surface area contributed by atoms with Crippen LogP contribution in [0.4, 0.5) is 11.4 Å². The van der Waals surface area contributed by atoms with E-state index in [1.165, 1.54) is 4.31 Å². The van der Waals surface area contributed by atoms with Crippen LogP contribution in [0.1, 0.15) is 44.8 Å². The first kappa shape index (κ1) is 26.6. The van der Waals surface area contributed by atoms with E-state index >= 15 is 0 Å². The number of nitrogens with one attached hydrogen (secondary N) is 2. The lowest BCUT2D eigenvalue weighted by Gasteiger charge is -2.25. The first-order valence-corrected chi connectivity index (χ1v) is 14.0. The maximum absolute atomic E-state index is 13.5. The largest absolute Gasteiger partial charge is 0.345 e. The zero-order valence-electron chi connectivity index (χ0n) is 21.2. The van der Waals surface area contributed by atoms with Crippen LogP contribution in [0, 0.1) is 0 Å². The van der Waals surface area contributed by atoms with Gasteiger partial charge < -0.3 is 10.6 Å². The summed E-state index contributed by atoms with van der Waals surface area (Å²) in [6.45, 7) is 1.96. The second kappa shape index (κ2) is 11.7. The molecule has 0 saturated carbocycles. The van der Waals surface area contributed by atoms with E-state index in [2.05, 4.69) is 10.6 Å². The van der Waals surface area contributed by atoms with Crippen molar-refractivity contribution in [2.24, 2.45) is 0 Å². The number of hydrogen-bond donors (Lipinski definition) is 2. The lowest BCUT2D eigenvalue weighted by atomic mass is 10.1. The third kappa shape index (κ3) is 6.46. The normalized spacial score (nSPS) is 11.8. The monoisotopic (exact) mass is 527 g/mol. The van der Waals surface area contributed by atoms with Crippen LogP contribution in [0.3, 0.4) is 0 Å². The Kier molecular flexibility index (Phi) is 8.23. The van der Waals surface area contributed by atoms with Gasteiger partial charge in [0.2, 0.25) is 10.0 Å². The molecule has 0 spiro atoms. The summed E-state index contributed by atoms with van der Waals surface area (Å²) in [7, 11) is -3.72. The molecule has 4 aromatic rings. The minimum absolute atomic E-state index is 0.0698. The maximum atomic E-state index is 13.5. The smallest absolute Gasteiger partial charge is 0.257 e. The fourth-order valence-electron chi connectivity index (χ4n) is 4.09. The van der Waals surface area contributed by atoms with Crippen molar-refractivity contribution in [3.63, 3.8) is 0 Å². The summed E-state index contributed by atoms with van der Waals surface area (Å²) in [5.74, 6) is -0.869. The number of amides is 2. The Labute approximate surface area is 223 Å². The Balaban J connectivity index is 1.60. The molecule has 0 heterocycles. The van der Waals surface area contributed by atoms with E-state index in [0.717, 1.165) is 17.4 Å². The summed E-state index contributed by atoms with van der Waals surface area (Å²) in [5, 5.41) is 5.77. The fraction of sp³-hybridized carbons (Fsp3) is 0.133. The van der Waals surface area contributed by atoms with Crippen LogP contribution in [0.2, 0.25) is 0 Å². The Morgan fingerprint density at radius 3 is 1.95 bits per heavy atom. The minimum Gasteiger partial charge on any atom is -0.345 e. The molecule has 2 N–H and O–H groups in total. The number of carbonyl (C=O) groups is 2. The van der Waals surface area contributed by atoms with Gasteiger partial charge >= 0.3 is 0 Å². The molecule has 0 bridgehead atoms. The predicted octanol–water partition coefficient (Wildman–Crippen LogP) is 5.40. The van der Waals surface area contributed by atoms with Crippen LogP contribution in [0.5, 0.6) is 0 Å². The summed E-state index contributed by atoms with van der Waals surface area (Å²) < 4.78 is 26.8. The lowest BCUT2D eigenvalue weighted by molar-refractivity contribution is 0.0940. The Morgan fingerprint density at radius 1 is 0.737 bits per heavy atom. The quantitative estimate of drug-likeness (QED) is 0.305. The van der Waals surface area contributed by atoms with Gasteiger partial charge in [0.25, 0.3) is 11.8 Å². The number of para-hydroxylation sites is 2. The van der Waals surface area contributed by atoms with Crippen molar-refractivity contribution in [2.75, 3.05) is 15.9 Å². The average molecular weight is 528 g/mol. The van der Waals surface area contributed by atoms with Gasteiger partial charge in [-0.3, -0.25) is 13.9 Å². The van der Waals surface area contributed by atoms with E-state index in [-0.39, 0.29) is 29.7 Å². The van der Waals surface area contributed by atoms with Crippen molar-refractivity contribution >= 4 is 33.2 Å². The number of anilines is 2. The minimum atomic E-state index is -3.72. The second-order valence-electron chi connectivity index (χ2n) is 8.88. The molecule has 4 aromatic carbocycles. The number of rotatable bonds is 9. The Bertz CT molecular complexity index is 1520. The summed E-state index contributed by atoms with van der Waals surface area (Å²) >= 11 is 0. The summed E-state index contributed by atoms with van der Waals surface area (Å²) in [6, 6.07) is 31.7. The van der Waals surface area contributed by atoms with Gasteiger partial charge in [0.1, 0.15) is 0 Å². The third-order valence-electron chi connectivity index (χ3n) is 6.05. The van der Waals surface area contributed by atoms with Crippen LogP contribution in [-0.4, -0.2) is 26.5 Å². The molecule has 1 atom stereocenters. The number of hydrogen-bond acceptors (Lipinski definition) is 4. The lowest BCUT2D eigenvalue weighted by Crippen LogP contribution is -2.31. The molecule has 7 nitrogen and oxygen atoms in total. The average Bonchev–Trinajstić information content (AvgIpc) is 2.92. The van der Waals surface area contributed by atoms with Gasteiger partial charge in [-0.25, -0.2) is 8.42 Å². The molecule has 0 aromatic heterocycles. The van der Waals surface area contributed by atoms with Gasteiger partial charge in [-0.05, 0) is 42.3 Å². The summed E-state index contributed by atoms with van der Waals surface area (Å²) in [6.07, 6.45) is 1.11. The summed E-state index contributed by atoms with van der Waals surface area (Å²) in [5.41, 5.74) is 2.76. The molecule has 4 rings (SSSR count). The predicted molar refractivity (Wildman–Crippen MR) is 151 cm³/mol. The molecule has 0 radical (unpaired) electrons. The van der Waals surface area contributed by atoms with Gasteiger partial charge in [-0.1, -0.05) is 84.9 Å². The van der Waals surface area contributed by atoms with Crippen LogP contribution in [-0.2, 0) is 16.6 Å². The molecule has 0 fully saturated rings. The molecule has 0 aliphatic heterocycles. The molecular weight excluding hydrogens is 498 g/mol. The van der Waals surface area contributed by atoms with Gasteiger partial charge in [0.05, 0.1) is 41.3 Å². The third-order valence-corrected chi connectivity index (χ3v) is 7.18. The van der Waals surface area contributed by atoms with Gasteiger partial charge in [-0.2, -0.15) is 0 Å². The van der Waals surface area contributed by atoms with E-state index in [9.17, 15) is 18.0 Å². The fourth-order valence-corrected chi connectivity index (χ4v) is 4.99. The van der Waals surface area contributed by atoms with Crippen molar-refractivity contribution in [2.45, 2.75) is 19.5 Å². The standard InChI is InChI=1S/C30H29N3O4S/c1-22(24-15-7-4-8-16-24)31-29(34)25-17-9-11-19-27(25)32-30(35)26-18-10-12-20-28(26)33(38(2,36)37)21-23-13-5-3-6-14-23/h3-20,22H,21H2,1-2H3,(H,31,34)(H,32,35). The molecular formula is C30H29N3O4S. The molecule has 38 heavy (non-hydrogen) atoms. The molecule has 8 heteroatoms. The highest BCUT2D eigenvalue weighted by Gasteiger charge is 2.24. The van der Waals surface area contributed by atoms with Crippen LogP contribution in [0.15, 0.2) is 109 Å². The number of carbonyl (C=O) groups excluding carboxylic acids is 2. The zero-order chi connectivity index (χ0) is 27.1. The Morgan fingerprint density at radius 2 is 1.29 bits per heavy atom. The first-order chi connectivity index (χ1) is 18.2. The van der Waals surface area contributed by atoms with Crippen LogP contribution < -0.4 is 14.9 Å². The van der Waals surface area contributed by atoms with E-state index < -0.39 is 15.9 Å². The van der Waals surface area contributed by atoms with Gasteiger partial charge in [-0.15, -0.1) is 0 Å². The maximum Gasteiger partial charge on any atom is 0.257 e. The highest BCUT2D eigenvalue weighted by atomic mass is 32.2. The number of sulfonamides is 1. The van der Waals surface area contributed by atoms with Crippen molar-refractivity contribution < 1.29 is 18.0 Å². The SMILES string of the molecule is CC(NC(=O)c1ccccc1NC(=O)c1ccccc1N(Cc1ccccc1)S(C)(=O)=O)c1ccccc1. The van der Waals surface area contributed by atoms with Crippen molar-refractivity contribution in [1.29, 1.82) is 0 Å². The van der Waals surface area contributed by atoms with E-state index in [1.54, 1.807) is 48.5 Å². The van der Waals surface area contributed by atoms with Gasteiger partial charge in [0.15, 0.2) is 0 Å². The molecule has 2 amide bonds. The van der Waals surface area contributed by atoms with Crippen molar-refractivity contribution in [3.05, 3.63) is 131 Å². The first-order valence-electron chi connectivity index (χ1n) is 12.1. The van der Waals surface area contributed by atoms with Gasteiger partial charge in [0, 0.05) is 0 Å². The number of nitrogens with zero attached hydrogens (tertiary/aromatic N) is 1. The molecule has 194 valence electrons. The van der Waals surface area contributed by atoms with Crippen LogP contribution in [0.25, 0.3) is 0 Å². The van der Waals surface area contributed by atoms with Crippen molar-refractivity contribution in [1.82, 2.24) is 5.32 Å². The van der Waals surface area contributed by atoms with E-state index in [0.29, 0.717) is 11.3 Å². The highest BCUT2D eigenvalue weighted by molar-refractivity contribution is 7.92. The van der Waals surface area contributed by atoms with Crippen molar-refractivity contribution in [3.8, 4) is 0 Å². The molecule has 0 aliphatic rings. The van der Waals surface area contributed by atoms with E-state index in [1.807, 2.05) is 67.6 Å². The number of benzene rings is 4. The highest BCUT2D eigenvalue weighted by Crippen LogP contribution is 2.27. The topological polar surface area (TPSA) is 95.6 Å². The molecule has 1 unspecified atom stereocenters. The Hall–Kier alpha value is -4.43. The second-order valence-corrected chi connectivity index (χ2v) is 10.8. The summed E-state index contributed by atoms with van der Waals surface area (Å²) in [4.78, 5) is 26.6. The molecule has 0 saturated heterocycles.